The maximum Gasteiger partial charge on any atom is 0.239 e. The Hall–Kier alpha value is -2.51. The maximum atomic E-state index is 12.4. The Kier molecular flexibility index (Phi) is 4.81. The van der Waals surface area contributed by atoms with Gasteiger partial charge >= 0.3 is 0 Å². The van der Waals surface area contributed by atoms with Crippen molar-refractivity contribution in [3.8, 4) is 22.8 Å². The van der Waals surface area contributed by atoms with Crippen molar-refractivity contribution >= 4 is 34.1 Å². The summed E-state index contributed by atoms with van der Waals surface area (Å²) in [5.41, 5.74) is 1.73. The topological polar surface area (TPSA) is 60.5 Å². The van der Waals surface area contributed by atoms with E-state index in [0.29, 0.717) is 10.9 Å². The standard InChI is InChI=1S/C19H16N2O3S2/c1-12(26-14-5-3-2-4-6-14)18(22)21-19-20-15(10-25-19)13-7-8-16-17(9-13)24-11-23-16/h2-10,12H,11H2,1H3,(H,20,21,22). The zero-order valence-electron chi connectivity index (χ0n) is 14.0. The Morgan fingerprint density at radius 1 is 1.19 bits per heavy atom. The second kappa shape index (κ2) is 7.39. The highest BCUT2D eigenvalue weighted by Crippen LogP contribution is 2.36. The van der Waals surface area contributed by atoms with Gasteiger partial charge in [0.25, 0.3) is 0 Å². The fraction of sp³-hybridized carbons (Fsp3) is 0.158. The van der Waals surface area contributed by atoms with E-state index >= 15 is 0 Å². The number of nitrogens with zero attached hydrogens (tertiary/aromatic N) is 1. The molecule has 2 aromatic carbocycles. The minimum Gasteiger partial charge on any atom is -0.454 e. The minimum absolute atomic E-state index is 0.0644. The van der Waals surface area contributed by atoms with Gasteiger partial charge in [-0.25, -0.2) is 4.98 Å². The number of anilines is 1. The first-order valence-corrected chi connectivity index (χ1v) is 9.83. The quantitative estimate of drug-likeness (QED) is 0.649. The average Bonchev–Trinajstić information content (AvgIpc) is 3.31. The molecule has 3 aromatic rings. The molecule has 26 heavy (non-hydrogen) atoms. The Balaban J connectivity index is 1.42. The Bertz CT molecular complexity index is 928. The van der Waals surface area contributed by atoms with E-state index < -0.39 is 0 Å². The van der Waals surface area contributed by atoms with Crippen LogP contribution in [0.5, 0.6) is 11.5 Å². The second-order valence-electron chi connectivity index (χ2n) is 5.67. The number of nitrogens with one attached hydrogen (secondary N) is 1. The van der Waals surface area contributed by atoms with Gasteiger partial charge in [0.05, 0.1) is 10.9 Å². The summed E-state index contributed by atoms with van der Waals surface area (Å²) >= 11 is 2.93. The van der Waals surface area contributed by atoms with E-state index in [1.165, 1.54) is 23.1 Å². The van der Waals surface area contributed by atoms with Crippen LogP contribution in [0.1, 0.15) is 6.92 Å². The molecule has 0 bridgehead atoms. The monoisotopic (exact) mass is 384 g/mol. The summed E-state index contributed by atoms with van der Waals surface area (Å²) in [6.45, 7) is 2.13. The van der Waals surface area contributed by atoms with E-state index in [4.69, 9.17) is 9.47 Å². The molecule has 1 unspecified atom stereocenters. The molecule has 1 amide bonds. The van der Waals surface area contributed by atoms with Gasteiger partial charge in [-0.2, -0.15) is 0 Å². The number of carbonyl (C=O) groups excluding carboxylic acids is 1. The molecule has 0 radical (unpaired) electrons. The van der Waals surface area contributed by atoms with E-state index in [1.807, 2.05) is 60.8 Å². The lowest BCUT2D eigenvalue weighted by molar-refractivity contribution is -0.115. The molecular weight excluding hydrogens is 368 g/mol. The van der Waals surface area contributed by atoms with Crippen molar-refractivity contribution in [2.24, 2.45) is 0 Å². The first-order valence-electron chi connectivity index (χ1n) is 8.07. The van der Waals surface area contributed by atoms with E-state index in [-0.39, 0.29) is 18.0 Å². The predicted octanol–water partition coefficient (Wildman–Crippen LogP) is 4.66. The number of hydrogen-bond acceptors (Lipinski definition) is 6. The van der Waals surface area contributed by atoms with Gasteiger partial charge in [-0.1, -0.05) is 18.2 Å². The predicted molar refractivity (Wildman–Crippen MR) is 104 cm³/mol. The molecule has 1 N–H and O–H groups in total. The van der Waals surface area contributed by atoms with Gasteiger partial charge in [-0.3, -0.25) is 4.79 Å². The molecule has 7 heteroatoms. The van der Waals surface area contributed by atoms with E-state index in [0.717, 1.165) is 21.9 Å². The zero-order chi connectivity index (χ0) is 17.9. The van der Waals surface area contributed by atoms with Crippen molar-refractivity contribution in [2.75, 3.05) is 12.1 Å². The number of thioether (sulfide) groups is 1. The van der Waals surface area contributed by atoms with Crippen LogP contribution in [0.2, 0.25) is 0 Å². The van der Waals surface area contributed by atoms with Crippen LogP contribution in [0.4, 0.5) is 5.13 Å². The molecule has 4 rings (SSSR count). The van der Waals surface area contributed by atoms with Crippen molar-refractivity contribution in [2.45, 2.75) is 17.1 Å². The van der Waals surface area contributed by atoms with E-state index in [9.17, 15) is 4.79 Å². The highest BCUT2D eigenvalue weighted by molar-refractivity contribution is 8.00. The van der Waals surface area contributed by atoms with Crippen LogP contribution in [0.3, 0.4) is 0 Å². The summed E-state index contributed by atoms with van der Waals surface area (Å²) in [4.78, 5) is 18.0. The van der Waals surface area contributed by atoms with Crippen LogP contribution >= 0.6 is 23.1 Å². The van der Waals surface area contributed by atoms with Crippen molar-refractivity contribution < 1.29 is 14.3 Å². The first-order chi connectivity index (χ1) is 12.7. The van der Waals surface area contributed by atoms with Crippen LogP contribution in [0, 0.1) is 0 Å². The fourth-order valence-electron chi connectivity index (χ4n) is 2.48. The third kappa shape index (κ3) is 3.68. The van der Waals surface area contributed by atoms with Gasteiger partial charge in [0.15, 0.2) is 16.6 Å². The molecule has 0 aliphatic carbocycles. The molecule has 132 valence electrons. The van der Waals surface area contributed by atoms with Crippen LogP contribution < -0.4 is 14.8 Å². The first kappa shape index (κ1) is 16.9. The summed E-state index contributed by atoms with van der Waals surface area (Å²) in [7, 11) is 0. The van der Waals surface area contributed by atoms with Gasteiger partial charge in [0, 0.05) is 15.8 Å². The molecule has 5 nitrogen and oxygen atoms in total. The van der Waals surface area contributed by atoms with Gasteiger partial charge in [0.2, 0.25) is 12.7 Å². The van der Waals surface area contributed by atoms with Gasteiger partial charge in [0.1, 0.15) is 0 Å². The number of amides is 1. The molecule has 0 saturated carbocycles. The number of aromatic nitrogens is 1. The van der Waals surface area contributed by atoms with E-state index in [1.54, 1.807) is 0 Å². The normalized spacial score (nSPS) is 13.4. The summed E-state index contributed by atoms with van der Waals surface area (Å²) in [5, 5.41) is 5.19. The minimum atomic E-state index is -0.213. The second-order valence-corrected chi connectivity index (χ2v) is 7.94. The Labute approximate surface area is 159 Å². The van der Waals surface area contributed by atoms with Crippen molar-refractivity contribution in [1.29, 1.82) is 0 Å². The molecule has 1 atom stereocenters. The number of carbonyl (C=O) groups is 1. The molecule has 1 aliphatic rings. The van der Waals surface area contributed by atoms with Crippen molar-refractivity contribution in [3.05, 3.63) is 53.9 Å². The summed E-state index contributed by atoms with van der Waals surface area (Å²) in [6.07, 6.45) is 0. The highest BCUT2D eigenvalue weighted by atomic mass is 32.2. The third-order valence-corrected chi connectivity index (χ3v) is 5.70. The van der Waals surface area contributed by atoms with Gasteiger partial charge < -0.3 is 14.8 Å². The number of hydrogen-bond donors (Lipinski definition) is 1. The van der Waals surface area contributed by atoms with E-state index in [2.05, 4.69) is 10.3 Å². The van der Waals surface area contributed by atoms with Crippen LogP contribution in [-0.4, -0.2) is 22.9 Å². The average molecular weight is 384 g/mol. The van der Waals surface area contributed by atoms with Crippen LogP contribution in [0.25, 0.3) is 11.3 Å². The summed E-state index contributed by atoms with van der Waals surface area (Å²) < 4.78 is 10.7. The maximum absolute atomic E-state index is 12.4. The number of fused-ring (bicyclic) bond motifs is 1. The molecule has 0 spiro atoms. The molecule has 1 aromatic heterocycles. The van der Waals surface area contributed by atoms with Crippen molar-refractivity contribution in [3.63, 3.8) is 0 Å². The lowest BCUT2D eigenvalue weighted by atomic mass is 10.1. The smallest absolute Gasteiger partial charge is 0.239 e. The van der Waals surface area contributed by atoms with Gasteiger partial charge in [-0.05, 0) is 37.3 Å². The van der Waals surface area contributed by atoms with Gasteiger partial charge in [-0.15, -0.1) is 23.1 Å². The Morgan fingerprint density at radius 3 is 2.85 bits per heavy atom. The molecule has 0 saturated heterocycles. The largest absolute Gasteiger partial charge is 0.454 e. The number of benzene rings is 2. The highest BCUT2D eigenvalue weighted by Gasteiger charge is 2.18. The fourth-order valence-corrected chi connectivity index (χ4v) is 4.09. The van der Waals surface area contributed by atoms with Crippen molar-refractivity contribution in [1.82, 2.24) is 4.98 Å². The molecular formula is C19H16N2O3S2. The molecule has 0 fully saturated rings. The number of thiazole rings is 1. The number of rotatable bonds is 5. The molecule has 1 aliphatic heterocycles. The lowest BCUT2D eigenvalue weighted by Crippen LogP contribution is -2.22. The lowest BCUT2D eigenvalue weighted by Gasteiger charge is -2.10. The zero-order valence-corrected chi connectivity index (χ0v) is 15.6. The SMILES string of the molecule is CC(Sc1ccccc1)C(=O)Nc1nc(-c2ccc3c(c2)OCO3)cs1. The number of ether oxygens (including phenoxy) is 2. The third-order valence-electron chi connectivity index (χ3n) is 3.83. The summed E-state index contributed by atoms with van der Waals surface area (Å²) in [6, 6.07) is 15.6. The summed E-state index contributed by atoms with van der Waals surface area (Å²) in [5.74, 6) is 1.39. The van der Waals surface area contributed by atoms with Crippen LogP contribution in [-0.2, 0) is 4.79 Å². The van der Waals surface area contributed by atoms with Crippen LogP contribution in [0.15, 0.2) is 58.8 Å². The molecule has 2 heterocycles. The Morgan fingerprint density at radius 2 is 2.00 bits per heavy atom.